The van der Waals surface area contributed by atoms with Crippen molar-refractivity contribution in [1.82, 2.24) is 0 Å². The first kappa shape index (κ1) is 29.5. The van der Waals surface area contributed by atoms with Crippen LogP contribution in [0.25, 0.3) is 40.6 Å². The highest BCUT2D eigenvalue weighted by molar-refractivity contribution is 6.03. The van der Waals surface area contributed by atoms with Crippen LogP contribution in [0.1, 0.15) is 33.4 Å². The Labute approximate surface area is 277 Å². The number of fused-ring (bicyclic) bond motifs is 1. The maximum atomic E-state index is 2.34. The van der Waals surface area contributed by atoms with E-state index in [-0.39, 0.29) is 0 Å². The molecule has 0 aromatic heterocycles. The van der Waals surface area contributed by atoms with Crippen LogP contribution in [-0.4, -0.2) is 0 Å². The van der Waals surface area contributed by atoms with Crippen LogP contribution in [-0.2, 0) is 0 Å². The van der Waals surface area contributed by atoms with E-state index >= 15 is 0 Å². The topological polar surface area (TPSA) is 3.24 Å². The summed E-state index contributed by atoms with van der Waals surface area (Å²) in [7, 11) is 0. The lowest BCUT2D eigenvalue weighted by Crippen LogP contribution is -2.11. The highest BCUT2D eigenvalue weighted by Gasteiger charge is 2.15. The molecule has 7 aromatic carbocycles. The lowest BCUT2D eigenvalue weighted by molar-refractivity contribution is 1.29. The van der Waals surface area contributed by atoms with Gasteiger partial charge in [-0.3, -0.25) is 0 Å². The molecule has 0 radical (unpaired) electrons. The van der Waals surface area contributed by atoms with Crippen molar-refractivity contribution in [3.8, 4) is 0 Å². The fourth-order valence-corrected chi connectivity index (χ4v) is 5.88. The summed E-state index contributed by atoms with van der Waals surface area (Å²) >= 11 is 0. The second-order valence-electron chi connectivity index (χ2n) is 11.4. The molecule has 0 atom stereocenters. The predicted molar refractivity (Wildman–Crippen MR) is 203 cm³/mol. The molecule has 0 bridgehead atoms. The first-order valence-electron chi connectivity index (χ1n) is 16.0. The summed E-state index contributed by atoms with van der Waals surface area (Å²) < 4.78 is 0. The highest BCUT2D eigenvalue weighted by Crippen LogP contribution is 2.37. The molecule has 0 aliphatic rings. The highest BCUT2D eigenvalue weighted by atomic mass is 15.1. The summed E-state index contributed by atoms with van der Waals surface area (Å²) in [5, 5.41) is 2.39. The Kier molecular flexibility index (Phi) is 8.97. The molecule has 0 spiro atoms. The summed E-state index contributed by atoms with van der Waals surface area (Å²) in [5.74, 6) is 0. The molecule has 0 heterocycles. The Morgan fingerprint density at radius 1 is 0.362 bits per heavy atom. The lowest BCUT2D eigenvalue weighted by atomic mass is 9.97. The van der Waals surface area contributed by atoms with Crippen molar-refractivity contribution >= 4 is 52.0 Å². The van der Waals surface area contributed by atoms with Crippen LogP contribution >= 0.6 is 0 Å². The molecule has 224 valence electrons. The van der Waals surface area contributed by atoms with E-state index in [1.807, 2.05) is 6.07 Å². The Balaban J connectivity index is 1.37. The molecule has 47 heavy (non-hydrogen) atoms. The first-order valence-corrected chi connectivity index (χ1v) is 16.0. The number of hydrogen-bond donors (Lipinski definition) is 0. The second-order valence-corrected chi connectivity index (χ2v) is 11.4. The van der Waals surface area contributed by atoms with E-state index in [1.165, 1.54) is 27.5 Å². The van der Waals surface area contributed by atoms with E-state index in [9.17, 15) is 0 Å². The average molecular weight is 602 g/mol. The Morgan fingerprint density at radius 3 is 1.36 bits per heavy atom. The van der Waals surface area contributed by atoms with Crippen LogP contribution in [0.4, 0.5) is 11.4 Å². The normalized spacial score (nSPS) is 11.2. The van der Waals surface area contributed by atoms with Crippen molar-refractivity contribution in [2.24, 2.45) is 0 Å². The van der Waals surface area contributed by atoms with Gasteiger partial charge in [-0.25, -0.2) is 0 Å². The monoisotopic (exact) mass is 601 g/mol. The third-order valence-electron chi connectivity index (χ3n) is 8.32. The van der Waals surface area contributed by atoms with Crippen molar-refractivity contribution in [3.63, 3.8) is 0 Å². The first-order chi connectivity index (χ1) is 23.3. The third kappa shape index (κ3) is 7.06. The Hall–Kier alpha value is -6.18. The molecule has 7 aromatic rings. The van der Waals surface area contributed by atoms with Crippen LogP contribution < -0.4 is 4.90 Å². The average Bonchev–Trinajstić information content (AvgIpc) is 3.15. The number of nitrogens with zero attached hydrogens (tertiary/aromatic N) is 1. The number of hydrogen-bond acceptors (Lipinski definition) is 1. The van der Waals surface area contributed by atoms with E-state index in [0.29, 0.717) is 0 Å². The predicted octanol–water partition coefficient (Wildman–Crippen LogP) is 12.4. The molecule has 0 aliphatic carbocycles. The molecule has 0 fully saturated rings. The van der Waals surface area contributed by atoms with Crippen molar-refractivity contribution in [2.45, 2.75) is 0 Å². The van der Waals surface area contributed by atoms with Gasteiger partial charge in [0.05, 0.1) is 5.69 Å². The third-order valence-corrected chi connectivity index (χ3v) is 8.32. The molecule has 0 amide bonds. The largest absolute Gasteiger partial charge is 0.316 e. The zero-order valence-corrected chi connectivity index (χ0v) is 26.2. The van der Waals surface area contributed by atoms with Crippen molar-refractivity contribution < 1.29 is 0 Å². The van der Waals surface area contributed by atoms with Crippen molar-refractivity contribution in [2.75, 3.05) is 4.90 Å². The molecular formula is C46H35N. The molecular weight excluding hydrogens is 567 g/mol. The fourth-order valence-electron chi connectivity index (χ4n) is 5.88. The van der Waals surface area contributed by atoms with E-state index in [1.54, 1.807) is 0 Å². The van der Waals surface area contributed by atoms with Crippen LogP contribution in [0.3, 0.4) is 0 Å². The van der Waals surface area contributed by atoms with Gasteiger partial charge in [-0.1, -0.05) is 188 Å². The van der Waals surface area contributed by atoms with E-state index < -0.39 is 0 Å². The molecule has 0 unspecified atom stereocenters. The minimum absolute atomic E-state index is 1.09. The van der Waals surface area contributed by atoms with Crippen LogP contribution in [0.2, 0.25) is 0 Å². The van der Waals surface area contributed by atoms with Crippen molar-refractivity contribution in [3.05, 3.63) is 222 Å². The SMILES string of the molecule is C(=Cc1ccc(N(C=C(c2ccccc2)c2ccccc2)c2ccc(C=Cc3ccccc3)c3ccccc23)cc1)c1ccccc1. The number of benzene rings is 7. The summed E-state index contributed by atoms with van der Waals surface area (Å²) in [6.45, 7) is 0. The maximum Gasteiger partial charge on any atom is 0.0534 e. The molecule has 0 saturated carbocycles. The minimum Gasteiger partial charge on any atom is -0.316 e. The summed E-state index contributed by atoms with van der Waals surface area (Å²) in [6.07, 6.45) is 11.0. The molecule has 1 heteroatoms. The summed E-state index contributed by atoms with van der Waals surface area (Å²) in [6, 6.07) is 64.2. The van der Waals surface area contributed by atoms with Gasteiger partial charge in [0, 0.05) is 22.8 Å². The van der Waals surface area contributed by atoms with Gasteiger partial charge in [0.1, 0.15) is 0 Å². The van der Waals surface area contributed by atoms with Gasteiger partial charge in [-0.2, -0.15) is 0 Å². The summed E-state index contributed by atoms with van der Waals surface area (Å²) in [5.41, 5.74) is 10.4. The molecule has 1 nitrogen and oxygen atoms in total. The zero-order valence-electron chi connectivity index (χ0n) is 26.2. The second kappa shape index (κ2) is 14.3. The quantitative estimate of drug-likeness (QED) is 0.149. The fraction of sp³-hybridized carbons (Fsp3) is 0. The van der Waals surface area contributed by atoms with Gasteiger partial charge in [0.15, 0.2) is 0 Å². The number of anilines is 2. The lowest BCUT2D eigenvalue weighted by Gasteiger charge is -2.25. The van der Waals surface area contributed by atoms with Gasteiger partial charge in [0.25, 0.3) is 0 Å². The summed E-state index contributed by atoms with van der Waals surface area (Å²) in [4.78, 5) is 2.34. The number of rotatable bonds is 9. The smallest absolute Gasteiger partial charge is 0.0534 e. The van der Waals surface area contributed by atoms with Crippen LogP contribution in [0.15, 0.2) is 188 Å². The van der Waals surface area contributed by atoms with E-state index in [0.717, 1.165) is 33.6 Å². The van der Waals surface area contributed by atoms with Gasteiger partial charge < -0.3 is 4.90 Å². The molecule has 7 rings (SSSR count). The van der Waals surface area contributed by atoms with E-state index in [2.05, 4.69) is 211 Å². The van der Waals surface area contributed by atoms with Gasteiger partial charge in [-0.15, -0.1) is 0 Å². The molecule has 0 saturated heterocycles. The molecule has 0 N–H and O–H groups in total. The minimum atomic E-state index is 1.09. The zero-order chi connectivity index (χ0) is 31.7. The van der Waals surface area contributed by atoms with Crippen molar-refractivity contribution in [1.29, 1.82) is 0 Å². The van der Waals surface area contributed by atoms with E-state index in [4.69, 9.17) is 0 Å². The van der Waals surface area contributed by atoms with Crippen LogP contribution in [0, 0.1) is 0 Å². The Morgan fingerprint density at radius 2 is 0.809 bits per heavy atom. The van der Waals surface area contributed by atoms with Gasteiger partial charge >= 0.3 is 0 Å². The van der Waals surface area contributed by atoms with Gasteiger partial charge in [-0.05, 0) is 57.0 Å². The van der Waals surface area contributed by atoms with Gasteiger partial charge in [0.2, 0.25) is 0 Å². The molecule has 0 aliphatic heterocycles. The standard InChI is InChI=1S/C46H35N/c1-5-15-36(16-6-1)25-26-38-28-32-42(33-29-38)47(35-45(39-19-9-3-10-20-39)40-21-11-4-12-22-40)46-34-31-41(43-23-13-14-24-44(43)46)30-27-37-17-7-2-8-18-37/h1-35H. The van der Waals surface area contributed by atoms with Crippen LogP contribution in [0.5, 0.6) is 0 Å². The maximum absolute atomic E-state index is 2.34. The Bertz CT molecular complexity index is 2100.